The van der Waals surface area contributed by atoms with Crippen molar-refractivity contribution in [2.45, 2.75) is 19.6 Å². The van der Waals surface area contributed by atoms with Gasteiger partial charge in [-0.3, -0.25) is 9.69 Å². The van der Waals surface area contributed by atoms with Crippen LogP contribution < -0.4 is 5.32 Å². The fourth-order valence-corrected chi connectivity index (χ4v) is 4.14. The lowest BCUT2D eigenvalue weighted by Crippen LogP contribution is -2.22. The van der Waals surface area contributed by atoms with Gasteiger partial charge in [0.2, 0.25) is 0 Å². The Labute approximate surface area is 146 Å². The number of aliphatic hydroxyl groups excluding tert-OH is 1. The number of hydrogen-bond acceptors (Lipinski definition) is 3. The minimum absolute atomic E-state index is 0.0269. The molecule has 3 heterocycles. The summed E-state index contributed by atoms with van der Waals surface area (Å²) in [5.74, 6) is 1.79. The van der Waals surface area contributed by atoms with E-state index in [-0.39, 0.29) is 12.5 Å². The van der Waals surface area contributed by atoms with Crippen molar-refractivity contribution in [2.24, 2.45) is 11.8 Å². The molecule has 25 heavy (non-hydrogen) atoms. The minimum atomic E-state index is -0.0903. The second kappa shape index (κ2) is 5.58. The molecule has 0 bridgehead atoms. The molecular formula is C20H21N3O2. The minimum Gasteiger partial charge on any atom is -0.392 e. The van der Waals surface area contributed by atoms with Gasteiger partial charge in [0.1, 0.15) is 0 Å². The molecule has 2 atom stereocenters. The van der Waals surface area contributed by atoms with Crippen LogP contribution >= 0.6 is 0 Å². The van der Waals surface area contributed by atoms with Crippen LogP contribution in [0.4, 0.5) is 5.69 Å². The van der Waals surface area contributed by atoms with Gasteiger partial charge in [-0.1, -0.05) is 6.07 Å². The maximum Gasteiger partial charge on any atom is 0.256 e. The van der Waals surface area contributed by atoms with Crippen molar-refractivity contribution in [2.75, 3.05) is 18.4 Å². The summed E-state index contributed by atoms with van der Waals surface area (Å²) in [5, 5.41) is 12.2. The van der Waals surface area contributed by atoms with E-state index < -0.39 is 0 Å². The zero-order valence-corrected chi connectivity index (χ0v) is 14.0. The number of benzene rings is 1. The highest BCUT2D eigenvalue weighted by Gasteiger charge is 2.44. The number of piperidine rings is 1. The first-order chi connectivity index (χ1) is 12.2. The molecule has 1 amide bonds. The van der Waals surface area contributed by atoms with Crippen LogP contribution in [0.1, 0.15) is 28.8 Å². The van der Waals surface area contributed by atoms with Crippen LogP contribution in [0.15, 0.2) is 30.5 Å². The first-order valence-corrected chi connectivity index (χ1v) is 8.86. The molecule has 1 aromatic carbocycles. The molecule has 5 heteroatoms. The Kier molecular flexibility index (Phi) is 3.33. The lowest BCUT2D eigenvalue weighted by molar-refractivity contribution is -0.110. The molecule has 5 rings (SSSR count). The normalized spacial score (nSPS) is 26.0. The van der Waals surface area contributed by atoms with E-state index in [0.717, 1.165) is 40.8 Å². The summed E-state index contributed by atoms with van der Waals surface area (Å²) in [6.07, 6.45) is 5.30. The molecule has 3 aliphatic rings. The van der Waals surface area contributed by atoms with E-state index in [2.05, 4.69) is 21.3 Å². The van der Waals surface area contributed by atoms with Gasteiger partial charge in [-0.15, -0.1) is 0 Å². The first kappa shape index (κ1) is 14.9. The number of aliphatic hydroxyl groups is 1. The smallest absolute Gasteiger partial charge is 0.256 e. The number of fused-ring (bicyclic) bond motifs is 2. The highest BCUT2D eigenvalue weighted by atomic mass is 16.3. The standard InChI is InChI=1S/C20H21N3O2/c24-11-12-1-2-19-17(4-12)18(20(25)22-19)5-13-3-16(21-7-13)10-23-8-14-6-15(14)9-23/h1-5,7,14-15,21,24H,6,8-11H2,(H,22,25)/t14-,15+. The largest absolute Gasteiger partial charge is 0.392 e. The van der Waals surface area contributed by atoms with Crippen LogP contribution in [-0.4, -0.2) is 34.0 Å². The molecule has 2 fully saturated rings. The first-order valence-electron chi connectivity index (χ1n) is 8.86. The van der Waals surface area contributed by atoms with Crippen molar-refractivity contribution in [3.8, 4) is 0 Å². The Hall–Kier alpha value is -2.37. The molecule has 0 spiro atoms. The van der Waals surface area contributed by atoms with E-state index >= 15 is 0 Å². The van der Waals surface area contributed by atoms with Crippen molar-refractivity contribution in [3.05, 3.63) is 52.8 Å². The maximum absolute atomic E-state index is 12.3. The number of likely N-dealkylation sites (tertiary alicyclic amines) is 1. The highest BCUT2D eigenvalue weighted by molar-refractivity contribution is 6.34. The SMILES string of the molecule is O=C1Nc2ccc(CO)cc2C1=Cc1c[nH]c(CN2C[C@H]3C[C@H]3C2)c1. The van der Waals surface area contributed by atoms with Crippen molar-refractivity contribution < 1.29 is 9.90 Å². The number of amides is 1. The molecule has 0 unspecified atom stereocenters. The zero-order chi connectivity index (χ0) is 17.0. The number of anilines is 1. The second-order valence-electron chi connectivity index (χ2n) is 7.46. The summed E-state index contributed by atoms with van der Waals surface area (Å²) in [4.78, 5) is 18.1. The molecule has 128 valence electrons. The lowest BCUT2D eigenvalue weighted by atomic mass is 10.0. The summed E-state index contributed by atoms with van der Waals surface area (Å²) in [6.45, 7) is 3.37. The van der Waals surface area contributed by atoms with Gasteiger partial charge in [0.15, 0.2) is 0 Å². The van der Waals surface area contributed by atoms with Gasteiger partial charge >= 0.3 is 0 Å². The van der Waals surface area contributed by atoms with Crippen molar-refractivity contribution >= 4 is 23.2 Å². The third-order valence-corrected chi connectivity index (χ3v) is 5.57. The summed E-state index contributed by atoms with van der Waals surface area (Å²) in [7, 11) is 0. The number of aromatic amines is 1. The topological polar surface area (TPSA) is 68.4 Å². The predicted molar refractivity (Wildman–Crippen MR) is 96.5 cm³/mol. The zero-order valence-electron chi connectivity index (χ0n) is 14.0. The fourth-order valence-electron chi connectivity index (χ4n) is 4.14. The van der Waals surface area contributed by atoms with Crippen LogP contribution in [0.5, 0.6) is 0 Å². The summed E-state index contributed by atoms with van der Waals surface area (Å²) < 4.78 is 0. The van der Waals surface area contributed by atoms with E-state index in [1.165, 1.54) is 25.2 Å². The number of nitrogens with one attached hydrogen (secondary N) is 2. The monoisotopic (exact) mass is 335 g/mol. The van der Waals surface area contributed by atoms with E-state index in [1.807, 2.05) is 30.5 Å². The van der Waals surface area contributed by atoms with E-state index in [1.54, 1.807) is 0 Å². The average molecular weight is 335 g/mol. The van der Waals surface area contributed by atoms with Gasteiger partial charge in [0, 0.05) is 48.3 Å². The Morgan fingerprint density at radius 3 is 2.88 bits per heavy atom. The predicted octanol–water partition coefficient (Wildman–Crippen LogP) is 2.45. The number of hydrogen-bond donors (Lipinski definition) is 3. The van der Waals surface area contributed by atoms with Gasteiger partial charge < -0.3 is 15.4 Å². The molecule has 1 aromatic heterocycles. The number of aromatic nitrogens is 1. The molecule has 5 nitrogen and oxygen atoms in total. The van der Waals surface area contributed by atoms with Gasteiger partial charge in [0.05, 0.1) is 6.61 Å². The quantitative estimate of drug-likeness (QED) is 0.752. The van der Waals surface area contributed by atoms with Crippen LogP contribution in [-0.2, 0) is 17.9 Å². The van der Waals surface area contributed by atoms with Crippen LogP contribution in [0.25, 0.3) is 11.6 Å². The number of H-pyrrole nitrogens is 1. The van der Waals surface area contributed by atoms with Crippen molar-refractivity contribution in [1.82, 2.24) is 9.88 Å². The summed E-state index contributed by atoms with van der Waals surface area (Å²) in [5.41, 5.74) is 5.32. The Morgan fingerprint density at radius 1 is 1.24 bits per heavy atom. The van der Waals surface area contributed by atoms with Crippen LogP contribution in [0.3, 0.4) is 0 Å². The number of carbonyl (C=O) groups excluding carboxylic acids is 1. The Morgan fingerprint density at radius 2 is 2.08 bits per heavy atom. The van der Waals surface area contributed by atoms with Gasteiger partial charge in [-0.25, -0.2) is 0 Å². The van der Waals surface area contributed by atoms with Crippen molar-refractivity contribution in [1.29, 1.82) is 0 Å². The van der Waals surface area contributed by atoms with Gasteiger partial charge in [0.25, 0.3) is 5.91 Å². The van der Waals surface area contributed by atoms with Crippen molar-refractivity contribution in [3.63, 3.8) is 0 Å². The average Bonchev–Trinajstić information content (AvgIpc) is 2.95. The van der Waals surface area contributed by atoms with Gasteiger partial charge in [-0.2, -0.15) is 0 Å². The maximum atomic E-state index is 12.3. The molecular weight excluding hydrogens is 314 g/mol. The highest BCUT2D eigenvalue weighted by Crippen LogP contribution is 2.45. The molecule has 2 aliphatic heterocycles. The molecule has 1 saturated carbocycles. The number of nitrogens with zero attached hydrogens (tertiary/aromatic N) is 1. The lowest BCUT2D eigenvalue weighted by Gasteiger charge is -2.15. The number of carbonyl (C=O) groups is 1. The Balaban J connectivity index is 1.38. The third kappa shape index (κ3) is 2.69. The molecule has 3 N–H and O–H groups in total. The summed E-state index contributed by atoms with van der Waals surface area (Å²) >= 11 is 0. The molecule has 0 radical (unpaired) electrons. The molecule has 1 saturated heterocycles. The van der Waals surface area contributed by atoms with E-state index in [9.17, 15) is 9.90 Å². The molecule has 1 aliphatic carbocycles. The van der Waals surface area contributed by atoms with Crippen LogP contribution in [0, 0.1) is 11.8 Å². The van der Waals surface area contributed by atoms with Crippen LogP contribution in [0.2, 0.25) is 0 Å². The number of rotatable bonds is 4. The molecule has 2 aromatic rings. The van der Waals surface area contributed by atoms with E-state index in [4.69, 9.17) is 0 Å². The van der Waals surface area contributed by atoms with E-state index in [0.29, 0.717) is 5.57 Å². The fraction of sp³-hybridized carbons (Fsp3) is 0.350. The third-order valence-electron chi connectivity index (χ3n) is 5.57. The second-order valence-corrected chi connectivity index (χ2v) is 7.46. The summed E-state index contributed by atoms with van der Waals surface area (Å²) in [6, 6.07) is 7.68. The Bertz CT molecular complexity index is 873. The van der Waals surface area contributed by atoms with Gasteiger partial charge in [-0.05, 0) is 53.7 Å².